The van der Waals surface area contributed by atoms with E-state index in [9.17, 15) is 27.6 Å². The molecule has 3 rings (SSSR count). The smallest absolute Gasteiger partial charge is 0.416 e. The third-order valence-electron chi connectivity index (χ3n) is 5.07. The lowest BCUT2D eigenvalue weighted by molar-refractivity contribution is -0.137. The van der Waals surface area contributed by atoms with Gasteiger partial charge in [-0.05, 0) is 63.2 Å². The molecule has 3 amide bonds. The summed E-state index contributed by atoms with van der Waals surface area (Å²) in [6.07, 6.45) is -5.10. The SMILES string of the molecule is CC(C)(C)OC(=O)Nc1cccc(C(=O)N2CCN(C(=O)c3ccc(C(F)(F)F)cc3)CC2)c1. The first-order chi connectivity index (χ1) is 15.8. The van der Waals surface area contributed by atoms with E-state index >= 15 is 0 Å². The van der Waals surface area contributed by atoms with Crippen molar-refractivity contribution in [2.45, 2.75) is 32.5 Å². The summed E-state index contributed by atoms with van der Waals surface area (Å²) >= 11 is 0. The normalized spacial score (nSPS) is 14.5. The van der Waals surface area contributed by atoms with Crippen LogP contribution in [0, 0.1) is 0 Å². The molecular weight excluding hydrogens is 451 g/mol. The van der Waals surface area contributed by atoms with Crippen LogP contribution in [0.25, 0.3) is 0 Å². The van der Waals surface area contributed by atoms with E-state index < -0.39 is 23.4 Å². The third-order valence-corrected chi connectivity index (χ3v) is 5.07. The number of hydrogen-bond donors (Lipinski definition) is 1. The van der Waals surface area contributed by atoms with Gasteiger partial charge in [-0.2, -0.15) is 13.2 Å². The number of benzene rings is 2. The summed E-state index contributed by atoms with van der Waals surface area (Å²) in [6.45, 7) is 6.28. The van der Waals surface area contributed by atoms with Gasteiger partial charge in [0.05, 0.1) is 5.56 Å². The molecule has 0 unspecified atom stereocenters. The highest BCUT2D eigenvalue weighted by Gasteiger charge is 2.31. The van der Waals surface area contributed by atoms with E-state index in [1.54, 1.807) is 49.9 Å². The van der Waals surface area contributed by atoms with Crippen LogP contribution in [0.5, 0.6) is 0 Å². The quantitative estimate of drug-likeness (QED) is 0.698. The molecule has 1 N–H and O–H groups in total. The maximum absolute atomic E-state index is 12.9. The maximum atomic E-state index is 12.9. The Balaban J connectivity index is 1.58. The highest BCUT2D eigenvalue weighted by molar-refractivity contribution is 5.97. The van der Waals surface area contributed by atoms with Crippen LogP contribution in [0.1, 0.15) is 47.1 Å². The molecule has 2 aromatic carbocycles. The maximum Gasteiger partial charge on any atom is 0.416 e. The zero-order valence-electron chi connectivity index (χ0n) is 19.1. The summed E-state index contributed by atoms with van der Waals surface area (Å²) in [4.78, 5) is 40.6. The fourth-order valence-electron chi connectivity index (χ4n) is 3.43. The lowest BCUT2D eigenvalue weighted by Gasteiger charge is -2.35. The minimum absolute atomic E-state index is 0.161. The van der Waals surface area contributed by atoms with Crippen LogP contribution in [0.2, 0.25) is 0 Å². The summed E-state index contributed by atoms with van der Waals surface area (Å²) in [5, 5.41) is 2.59. The second-order valence-corrected chi connectivity index (χ2v) is 8.87. The summed E-state index contributed by atoms with van der Waals surface area (Å²) in [6, 6.07) is 10.5. The third kappa shape index (κ3) is 6.49. The lowest BCUT2D eigenvalue weighted by Crippen LogP contribution is -2.50. The minimum Gasteiger partial charge on any atom is -0.444 e. The van der Waals surface area contributed by atoms with Gasteiger partial charge in [-0.15, -0.1) is 0 Å². The Bertz CT molecular complexity index is 1050. The molecule has 10 heteroatoms. The Hall–Kier alpha value is -3.56. The van der Waals surface area contributed by atoms with Crippen LogP contribution < -0.4 is 5.32 Å². The molecule has 1 aliphatic rings. The number of amides is 3. The van der Waals surface area contributed by atoms with E-state index in [1.165, 1.54) is 4.90 Å². The molecule has 7 nitrogen and oxygen atoms in total. The van der Waals surface area contributed by atoms with Crippen molar-refractivity contribution >= 4 is 23.6 Å². The van der Waals surface area contributed by atoms with E-state index in [4.69, 9.17) is 4.74 Å². The number of halogens is 3. The molecule has 34 heavy (non-hydrogen) atoms. The number of carbonyl (C=O) groups excluding carboxylic acids is 3. The van der Waals surface area contributed by atoms with Crippen molar-refractivity contribution in [1.29, 1.82) is 0 Å². The zero-order valence-corrected chi connectivity index (χ0v) is 19.1. The molecule has 1 saturated heterocycles. The monoisotopic (exact) mass is 477 g/mol. The number of nitrogens with one attached hydrogen (secondary N) is 1. The van der Waals surface area contributed by atoms with Crippen LogP contribution in [0.4, 0.5) is 23.7 Å². The Morgan fingerprint density at radius 1 is 0.824 bits per heavy atom. The molecule has 0 bridgehead atoms. The van der Waals surface area contributed by atoms with Gasteiger partial charge in [0.25, 0.3) is 11.8 Å². The van der Waals surface area contributed by atoms with Crippen LogP contribution in [0.15, 0.2) is 48.5 Å². The van der Waals surface area contributed by atoms with E-state index in [1.807, 2.05) is 0 Å². The van der Waals surface area contributed by atoms with Gasteiger partial charge < -0.3 is 14.5 Å². The van der Waals surface area contributed by atoms with Crippen molar-refractivity contribution in [2.24, 2.45) is 0 Å². The minimum atomic E-state index is -4.46. The summed E-state index contributed by atoms with van der Waals surface area (Å²) < 4.78 is 43.4. The summed E-state index contributed by atoms with van der Waals surface area (Å²) in [5.74, 6) is -0.640. The van der Waals surface area contributed by atoms with E-state index in [-0.39, 0.29) is 43.6 Å². The first-order valence-electron chi connectivity index (χ1n) is 10.7. The van der Waals surface area contributed by atoms with Crippen molar-refractivity contribution in [3.05, 3.63) is 65.2 Å². The average Bonchev–Trinajstić information content (AvgIpc) is 2.76. The first-order valence-corrected chi connectivity index (χ1v) is 10.7. The molecule has 1 fully saturated rings. The number of alkyl halides is 3. The standard InChI is InChI=1S/C24H26F3N3O4/c1-23(2,3)34-22(33)28-19-6-4-5-17(15-19)21(32)30-13-11-29(12-14-30)20(31)16-7-9-18(10-8-16)24(25,26)27/h4-10,15H,11-14H2,1-3H3,(H,28,33). The first kappa shape index (κ1) is 25.1. The number of carbonyl (C=O) groups is 3. The average molecular weight is 477 g/mol. The molecule has 1 heterocycles. The number of rotatable bonds is 3. The molecular formula is C24H26F3N3O4. The fraction of sp³-hybridized carbons (Fsp3) is 0.375. The highest BCUT2D eigenvalue weighted by Crippen LogP contribution is 2.29. The summed E-state index contributed by atoms with van der Waals surface area (Å²) in [5.41, 5.74) is -0.529. The fourth-order valence-corrected chi connectivity index (χ4v) is 3.43. The van der Waals surface area contributed by atoms with Gasteiger partial charge in [0.2, 0.25) is 0 Å². The van der Waals surface area contributed by atoms with Gasteiger partial charge in [0.15, 0.2) is 0 Å². The molecule has 0 atom stereocenters. The number of nitrogens with zero attached hydrogens (tertiary/aromatic N) is 2. The van der Waals surface area contributed by atoms with Gasteiger partial charge in [-0.3, -0.25) is 14.9 Å². The Labute approximate surface area is 195 Å². The lowest BCUT2D eigenvalue weighted by atomic mass is 10.1. The topological polar surface area (TPSA) is 79.0 Å². The number of anilines is 1. The van der Waals surface area contributed by atoms with Gasteiger partial charge in [0, 0.05) is 43.0 Å². The van der Waals surface area contributed by atoms with Crippen LogP contribution in [0.3, 0.4) is 0 Å². The molecule has 182 valence electrons. The van der Waals surface area contributed by atoms with E-state index in [0.717, 1.165) is 24.3 Å². The van der Waals surface area contributed by atoms with E-state index in [0.29, 0.717) is 11.3 Å². The molecule has 1 aliphatic heterocycles. The predicted molar refractivity (Wildman–Crippen MR) is 120 cm³/mol. The molecule has 0 saturated carbocycles. The largest absolute Gasteiger partial charge is 0.444 e. The Morgan fingerprint density at radius 2 is 1.35 bits per heavy atom. The van der Waals surface area contributed by atoms with Crippen molar-refractivity contribution in [1.82, 2.24) is 9.80 Å². The van der Waals surface area contributed by atoms with Gasteiger partial charge in [-0.25, -0.2) is 4.79 Å². The molecule has 0 spiro atoms. The van der Waals surface area contributed by atoms with Gasteiger partial charge in [-0.1, -0.05) is 6.07 Å². The highest BCUT2D eigenvalue weighted by atomic mass is 19.4. The van der Waals surface area contributed by atoms with E-state index in [2.05, 4.69) is 5.32 Å². The Kier molecular flexibility index (Phi) is 7.18. The Morgan fingerprint density at radius 3 is 1.85 bits per heavy atom. The second-order valence-electron chi connectivity index (χ2n) is 8.87. The second kappa shape index (κ2) is 9.74. The zero-order chi connectivity index (χ0) is 25.1. The van der Waals surface area contributed by atoms with Crippen molar-refractivity contribution in [2.75, 3.05) is 31.5 Å². The van der Waals surface area contributed by atoms with Gasteiger partial charge >= 0.3 is 12.3 Å². The van der Waals surface area contributed by atoms with Crippen molar-refractivity contribution < 1.29 is 32.3 Å². The molecule has 0 radical (unpaired) electrons. The molecule has 0 aliphatic carbocycles. The molecule has 2 aromatic rings. The van der Waals surface area contributed by atoms with Crippen LogP contribution >= 0.6 is 0 Å². The van der Waals surface area contributed by atoms with Crippen molar-refractivity contribution in [3.63, 3.8) is 0 Å². The number of piperazine rings is 1. The predicted octanol–water partition coefficient (Wildman–Crippen LogP) is 4.65. The summed E-state index contributed by atoms with van der Waals surface area (Å²) in [7, 11) is 0. The number of ether oxygens (including phenoxy) is 1. The molecule has 0 aromatic heterocycles. The van der Waals surface area contributed by atoms with Crippen molar-refractivity contribution in [3.8, 4) is 0 Å². The van der Waals surface area contributed by atoms with Crippen LogP contribution in [-0.4, -0.2) is 59.5 Å². The van der Waals surface area contributed by atoms with Gasteiger partial charge in [0.1, 0.15) is 5.60 Å². The number of hydrogen-bond acceptors (Lipinski definition) is 4. The van der Waals surface area contributed by atoms with Crippen LogP contribution in [-0.2, 0) is 10.9 Å².